The molecule has 6 nitrogen and oxygen atoms in total. The van der Waals surface area contributed by atoms with Gasteiger partial charge in [-0.3, -0.25) is 4.79 Å². The number of ether oxygens (including phenoxy) is 2. The monoisotopic (exact) mass is 428 g/mol. The van der Waals surface area contributed by atoms with Crippen molar-refractivity contribution in [1.82, 2.24) is 10.6 Å². The maximum Gasteiger partial charge on any atom is 0.319 e. The van der Waals surface area contributed by atoms with Crippen molar-refractivity contribution in [2.75, 3.05) is 7.11 Å². The Balaban J connectivity index is 1.65. The lowest BCUT2D eigenvalue weighted by atomic mass is 9.89. The number of rotatable bonds is 7. The lowest BCUT2D eigenvalue weighted by Crippen LogP contribution is -2.45. The van der Waals surface area contributed by atoms with E-state index in [-0.39, 0.29) is 11.8 Å². The number of hydrogen-bond donors (Lipinski definition) is 2. The summed E-state index contributed by atoms with van der Waals surface area (Å²) in [5, 5.41) is 5.58. The highest BCUT2D eigenvalue weighted by Gasteiger charge is 2.32. The Morgan fingerprint density at radius 2 is 1.62 bits per heavy atom. The van der Waals surface area contributed by atoms with Gasteiger partial charge in [-0.15, -0.1) is 0 Å². The van der Waals surface area contributed by atoms with Crippen molar-refractivity contribution < 1.29 is 19.1 Å². The number of methoxy groups -OCH3 is 1. The van der Waals surface area contributed by atoms with Crippen LogP contribution >= 0.6 is 0 Å². The third-order valence-corrected chi connectivity index (χ3v) is 5.31. The number of carbonyl (C=O) groups is 2. The van der Waals surface area contributed by atoms with Crippen LogP contribution in [0.25, 0.3) is 0 Å². The second kappa shape index (κ2) is 9.39. The molecule has 1 aliphatic heterocycles. The molecule has 0 bridgehead atoms. The maximum absolute atomic E-state index is 13.3. The van der Waals surface area contributed by atoms with Gasteiger partial charge in [0.15, 0.2) is 17.3 Å². The molecule has 0 aromatic heterocycles. The van der Waals surface area contributed by atoms with E-state index in [1.165, 1.54) is 0 Å². The van der Waals surface area contributed by atoms with Crippen LogP contribution in [0, 0.1) is 0 Å². The smallest absolute Gasteiger partial charge is 0.319 e. The van der Waals surface area contributed by atoms with Gasteiger partial charge in [-0.2, -0.15) is 0 Å². The van der Waals surface area contributed by atoms with Crippen molar-refractivity contribution in [2.24, 2.45) is 0 Å². The molecule has 0 radical (unpaired) electrons. The molecule has 0 spiro atoms. The average Bonchev–Trinajstić information content (AvgIpc) is 2.83. The summed E-state index contributed by atoms with van der Waals surface area (Å²) in [5.41, 5.74) is 3.33. The fourth-order valence-electron chi connectivity index (χ4n) is 3.71. The predicted octanol–water partition coefficient (Wildman–Crippen LogP) is 4.79. The van der Waals surface area contributed by atoms with Gasteiger partial charge in [-0.05, 0) is 30.2 Å². The third-order valence-electron chi connectivity index (χ3n) is 5.31. The first kappa shape index (κ1) is 21.2. The Morgan fingerprint density at radius 3 is 2.31 bits per heavy atom. The van der Waals surface area contributed by atoms with Crippen molar-refractivity contribution in [1.29, 1.82) is 0 Å². The second-order valence-electron chi connectivity index (χ2n) is 7.45. The first-order valence-corrected chi connectivity index (χ1v) is 10.3. The number of allylic oxidation sites excluding steroid dienone is 1. The van der Waals surface area contributed by atoms with Crippen LogP contribution in [0.1, 0.15) is 34.5 Å². The van der Waals surface area contributed by atoms with E-state index in [2.05, 4.69) is 10.6 Å². The number of carbonyl (C=O) groups excluding carboxylic acids is 2. The van der Waals surface area contributed by atoms with Gasteiger partial charge in [0.25, 0.3) is 0 Å². The van der Waals surface area contributed by atoms with Gasteiger partial charge in [0.05, 0.1) is 13.2 Å². The molecular weight excluding hydrogens is 404 g/mol. The summed E-state index contributed by atoms with van der Waals surface area (Å²) < 4.78 is 11.5. The number of hydrogen-bond acceptors (Lipinski definition) is 4. The van der Waals surface area contributed by atoms with Crippen molar-refractivity contribution in [3.8, 4) is 11.5 Å². The number of ketones is 1. The van der Waals surface area contributed by atoms with Gasteiger partial charge in [-0.25, -0.2) is 4.79 Å². The SMILES string of the molecule is COc1cc([C@@H]2NC(=O)NC(C)=C2C(=O)c2ccccc2)ccc1OCc1ccccc1. The molecule has 1 heterocycles. The standard InChI is InChI=1S/C26H24N2O4/c1-17-23(25(29)19-11-7-4-8-12-19)24(28-26(30)27-17)20-13-14-21(22(15-20)31-2)32-16-18-9-5-3-6-10-18/h3-15,24H,16H2,1-2H3,(H2,27,28,30)/t24-/m0/s1. The van der Waals surface area contributed by atoms with Crippen LogP contribution in [-0.4, -0.2) is 18.9 Å². The molecule has 4 rings (SSSR count). The van der Waals surface area contributed by atoms with Crippen LogP contribution in [0.3, 0.4) is 0 Å². The van der Waals surface area contributed by atoms with Gasteiger partial charge >= 0.3 is 6.03 Å². The van der Waals surface area contributed by atoms with Crippen molar-refractivity contribution in [3.63, 3.8) is 0 Å². The van der Waals surface area contributed by atoms with E-state index in [9.17, 15) is 9.59 Å². The number of nitrogens with one attached hydrogen (secondary N) is 2. The van der Waals surface area contributed by atoms with E-state index < -0.39 is 6.04 Å². The van der Waals surface area contributed by atoms with Crippen LogP contribution in [0.5, 0.6) is 11.5 Å². The molecule has 162 valence electrons. The zero-order valence-electron chi connectivity index (χ0n) is 17.9. The quantitative estimate of drug-likeness (QED) is 0.531. The summed E-state index contributed by atoms with van der Waals surface area (Å²) in [6.45, 7) is 2.13. The zero-order valence-corrected chi connectivity index (χ0v) is 17.9. The van der Waals surface area contributed by atoms with E-state index in [0.29, 0.717) is 34.9 Å². The normalized spacial score (nSPS) is 15.6. The highest BCUT2D eigenvalue weighted by atomic mass is 16.5. The molecule has 0 saturated heterocycles. The van der Waals surface area contributed by atoms with E-state index in [1.54, 1.807) is 38.3 Å². The predicted molar refractivity (Wildman–Crippen MR) is 122 cm³/mol. The summed E-state index contributed by atoms with van der Waals surface area (Å²) >= 11 is 0. The molecule has 0 fully saturated rings. The first-order chi connectivity index (χ1) is 15.6. The topological polar surface area (TPSA) is 76.7 Å². The summed E-state index contributed by atoms with van der Waals surface area (Å²) in [7, 11) is 1.56. The molecule has 6 heteroatoms. The highest BCUT2D eigenvalue weighted by Crippen LogP contribution is 2.35. The van der Waals surface area contributed by atoms with Crippen LogP contribution in [0.15, 0.2) is 90.1 Å². The molecule has 3 aromatic rings. The molecular formula is C26H24N2O4. The molecule has 0 aliphatic carbocycles. The Morgan fingerprint density at radius 1 is 0.938 bits per heavy atom. The van der Waals surface area contributed by atoms with Gasteiger partial charge in [0.2, 0.25) is 0 Å². The third kappa shape index (κ3) is 4.49. The van der Waals surface area contributed by atoms with Crippen LogP contribution in [0.2, 0.25) is 0 Å². The summed E-state index contributed by atoms with van der Waals surface area (Å²) in [6, 6.07) is 23.3. The fourth-order valence-corrected chi connectivity index (χ4v) is 3.71. The molecule has 2 N–H and O–H groups in total. The van der Waals surface area contributed by atoms with Crippen molar-refractivity contribution in [3.05, 3.63) is 107 Å². The molecule has 2 amide bonds. The summed E-state index contributed by atoms with van der Waals surface area (Å²) in [4.78, 5) is 25.5. The molecule has 3 aromatic carbocycles. The Kier molecular flexibility index (Phi) is 6.22. The number of amides is 2. The molecule has 0 saturated carbocycles. The largest absolute Gasteiger partial charge is 0.493 e. The second-order valence-corrected chi connectivity index (χ2v) is 7.45. The minimum absolute atomic E-state index is 0.149. The fraction of sp³-hybridized carbons (Fsp3) is 0.154. The Bertz CT molecular complexity index is 1160. The average molecular weight is 428 g/mol. The maximum atomic E-state index is 13.3. The number of urea groups is 1. The van der Waals surface area contributed by atoms with E-state index in [1.807, 2.05) is 54.6 Å². The molecule has 1 aliphatic rings. The first-order valence-electron chi connectivity index (χ1n) is 10.3. The highest BCUT2D eigenvalue weighted by molar-refractivity contribution is 6.11. The van der Waals surface area contributed by atoms with Gasteiger partial charge in [0, 0.05) is 16.8 Å². The minimum Gasteiger partial charge on any atom is -0.493 e. The van der Waals surface area contributed by atoms with E-state index in [0.717, 1.165) is 11.1 Å². The van der Waals surface area contributed by atoms with Gasteiger partial charge in [0.1, 0.15) is 6.61 Å². The van der Waals surface area contributed by atoms with Crippen LogP contribution in [-0.2, 0) is 6.61 Å². The summed E-state index contributed by atoms with van der Waals surface area (Å²) in [6.07, 6.45) is 0. The number of benzene rings is 3. The van der Waals surface area contributed by atoms with E-state index in [4.69, 9.17) is 9.47 Å². The van der Waals surface area contributed by atoms with Crippen molar-refractivity contribution >= 4 is 11.8 Å². The molecule has 0 unspecified atom stereocenters. The zero-order chi connectivity index (χ0) is 22.5. The Hall–Kier alpha value is -4.06. The van der Waals surface area contributed by atoms with Gasteiger partial charge < -0.3 is 20.1 Å². The lowest BCUT2D eigenvalue weighted by molar-refractivity contribution is 0.102. The van der Waals surface area contributed by atoms with Crippen molar-refractivity contribution in [2.45, 2.75) is 19.6 Å². The molecule has 1 atom stereocenters. The van der Waals surface area contributed by atoms with E-state index >= 15 is 0 Å². The lowest BCUT2D eigenvalue weighted by Gasteiger charge is -2.29. The molecule has 32 heavy (non-hydrogen) atoms. The van der Waals surface area contributed by atoms with Crippen LogP contribution in [0.4, 0.5) is 4.79 Å². The summed E-state index contributed by atoms with van der Waals surface area (Å²) in [5.74, 6) is 0.955. The van der Waals surface area contributed by atoms with Gasteiger partial charge in [-0.1, -0.05) is 66.7 Å². The number of Topliss-reactive ketones (excluding diaryl/α,β-unsaturated/α-hetero) is 1. The Labute approximate surface area is 186 Å². The minimum atomic E-state index is -0.617. The van der Waals surface area contributed by atoms with Crippen LogP contribution < -0.4 is 20.1 Å².